The van der Waals surface area contributed by atoms with E-state index in [1.54, 1.807) is 37.9 Å². The topological polar surface area (TPSA) is 136 Å². The Hall–Kier alpha value is -3.17. The van der Waals surface area contributed by atoms with Crippen molar-refractivity contribution in [1.82, 2.24) is 35.6 Å². The van der Waals surface area contributed by atoms with Crippen molar-refractivity contribution in [3.8, 4) is 0 Å². The average Bonchev–Trinajstić information content (AvgIpc) is 3.89. The number of rotatable bonds is 21. The number of benzene rings is 1. The second-order valence-electron chi connectivity index (χ2n) is 17.6. The third-order valence-electron chi connectivity index (χ3n) is 12.8. The average molecular weight is 842 g/mol. The van der Waals surface area contributed by atoms with Gasteiger partial charge in [0.2, 0.25) is 23.6 Å². The first-order valence-electron chi connectivity index (χ1n) is 21.9. The molecule has 2 fully saturated rings. The first-order valence-corrected chi connectivity index (χ1v) is 22.8. The number of hydrogen-bond donors (Lipinski definition) is 3. The van der Waals surface area contributed by atoms with E-state index >= 15 is 0 Å². The Balaban J connectivity index is 1.48. The maximum absolute atomic E-state index is 14.5. The predicted molar refractivity (Wildman–Crippen MR) is 236 cm³/mol. The van der Waals surface area contributed by atoms with E-state index in [1.807, 2.05) is 57.1 Å². The van der Waals surface area contributed by atoms with Crippen LogP contribution in [-0.4, -0.2) is 152 Å². The highest BCUT2D eigenvalue weighted by molar-refractivity contribution is 8.02. The minimum absolute atomic E-state index is 0.00426. The Morgan fingerprint density at radius 3 is 2.17 bits per heavy atom. The van der Waals surface area contributed by atoms with Gasteiger partial charge in [0.1, 0.15) is 6.04 Å². The first kappa shape index (κ1) is 48.5. The molecule has 0 spiro atoms. The van der Waals surface area contributed by atoms with Crippen LogP contribution < -0.4 is 16.0 Å². The minimum Gasteiger partial charge on any atom is -0.379 e. The third kappa shape index (κ3) is 12.5. The van der Waals surface area contributed by atoms with E-state index in [1.165, 1.54) is 0 Å². The fraction of sp³-hybridized carbons (Fsp3) is 0.733. The third-order valence-corrected chi connectivity index (χ3v) is 14.0. The molecule has 0 radical (unpaired) electrons. The van der Waals surface area contributed by atoms with Crippen molar-refractivity contribution in [3.63, 3.8) is 0 Å². The molecule has 2 unspecified atom stereocenters. The number of nitrogens with zero attached hydrogens (tertiary/aromatic N) is 4. The lowest BCUT2D eigenvalue weighted by Crippen LogP contribution is -2.61. The van der Waals surface area contributed by atoms with Crippen LogP contribution in [0.25, 0.3) is 0 Å². The number of methoxy groups -OCH3 is 2. The number of thioether (sulfide) groups is 1. The molecule has 0 aromatic heterocycles. The van der Waals surface area contributed by atoms with Crippen LogP contribution in [0, 0.1) is 23.7 Å². The van der Waals surface area contributed by atoms with Crippen LogP contribution in [0.5, 0.6) is 0 Å². The summed E-state index contributed by atoms with van der Waals surface area (Å²) in [5.41, 5.74) is 1.15. The maximum atomic E-state index is 14.5. The van der Waals surface area contributed by atoms with Crippen molar-refractivity contribution in [2.75, 3.05) is 61.0 Å². The fourth-order valence-electron chi connectivity index (χ4n) is 9.30. The Morgan fingerprint density at radius 1 is 0.932 bits per heavy atom. The minimum atomic E-state index is -0.745. The smallest absolute Gasteiger partial charge is 0.245 e. The molecule has 3 aliphatic rings. The summed E-state index contributed by atoms with van der Waals surface area (Å²) in [6.45, 7) is 17.8. The van der Waals surface area contributed by atoms with Gasteiger partial charge in [0.15, 0.2) is 0 Å². The number of nitrogens with one attached hydrogen (secondary N) is 3. The van der Waals surface area contributed by atoms with Crippen molar-refractivity contribution in [2.24, 2.45) is 23.7 Å². The van der Waals surface area contributed by atoms with E-state index in [0.717, 1.165) is 44.6 Å². The highest BCUT2D eigenvalue weighted by atomic mass is 32.2. The fourth-order valence-corrected chi connectivity index (χ4v) is 10.3. The van der Waals surface area contributed by atoms with Gasteiger partial charge in [0.05, 0.1) is 54.1 Å². The van der Waals surface area contributed by atoms with Gasteiger partial charge in [-0.25, -0.2) is 0 Å². The lowest BCUT2D eigenvalue weighted by molar-refractivity contribution is -0.148. The van der Waals surface area contributed by atoms with Crippen LogP contribution in [-0.2, 0) is 35.1 Å². The second-order valence-corrected chi connectivity index (χ2v) is 18.6. The quantitative estimate of drug-likeness (QED) is 0.166. The summed E-state index contributed by atoms with van der Waals surface area (Å²) in [7, 11) is 7.02. The monoisotopic (exact) mass is 842 g/mol. The summed E-state index contributed by atoms with van der Waals surface area (Å²) in [6, 6.07) is 8.23. The number of hydrogen-bond acceptors (Lipinski definition) is 10. The normalized spacial score (nSPS) is 22.7. The van der Waals surface area contributed by atoms with Gasteiger partial charge < -0.3 is 40.1 Å². The molecular weight excluding hydrogens is 767 g/mol. The van der Waals surface area contributed by atoms with E-state index in [9.17, 15) is 19.2 Å². The van der Waals surface area contributed by atoms with Crippen molar-refractivity contribution in [3.05, 3.63) is 47.5 Å². The first-order chi connectivity index (χ1) is 28.1. The summed E-state index contributed by atoms with van der Waals surface area (Å²) in [4.78, 5) is 64.8. The molecule has 0 saturated carbocycles. The number of carbonyl (C=O) groups excluding carboxylic acids is 4. The maximum Gasteiger partial charge on any atom is 0.245 e. The zero-order chi connectivity index (χ0) is 43.4. The van der Waals surface area contributed by atoms with Gasteiger partial charge in [-0.1, -0.05) is 85.2 Å². The van der Waals surface area contributed by atoms with Crippen LogP contribution in [0.2, 0.25) is 0 Å². The SMILES string of the molecule is CC[C@H](C)[C@@H](C(CC(=O)N1CCC[C@H]1[C@H](OC)[C@@H](C)C(=O)N[C@@H](Cc1ccccc1)C1SC=CN1C)OC)N(C)C(=O)[C@@H](NC(=O)[C@H](C(C)C)N1CCNCC1)C(C)C. The number of ether oxygens (including phenoxy) is 2. The highest BCUT2D eigenvalue weighted by Gasteiger charge is 2.44. The highest BCUT2D eigenvalue weighted by Crippen LogP contribution is 2.31. The molecule has 2 saturated heterocycles. The van der Waals surface area contributed by atoms with Crippen LogP contribution in [0.3, 0.4) is 0 Å². The van der Waals surface area contributed by atoms with Gasteiger partial charge in [0.25, 0.3) is 0 Å². The molecule has 3 heterocycles. The zero-order valence-corrected chi connectivity index (χ0v) is 38.5. The van der Waals surface area contributed by atoms with Gasteiger partial charge in [0, 0.05) is 67.2 Å². The Kier molecular flexibility index (Phi) is 19.0. The molecular formula is C45H75N7O6S. The Bertz CT molecular complexity index is 1530. The van der Waals surface area contributed by atoms with E-state index in [-0.39, 0.29) is 71.3 Å². The second kappa shape index (κ2) is 23.2. The Morgan fingerprint density at radius 2 is 1.61 bits per heavy atom. The van der Waals surface area contributed by atoms with Crippen LogP contribution in [0.1, 0.15) is 79.7 Å². The largest absolute Gasteiger partial charge is 0.379 e. The standard InChI is InChI=1S/C45H75N7O6S/c1-12-31(6)40(50(9)44(56)38(29(2)3)48-43(55)39(30(4)5)51-23-20-46-21-24-51)36(57-10)28-37(53)52-22-16-19-35(52)41(58-11)32(7)42(54)47-34(45-49(8)25-26-59-45)27-33-17-14-13-15-18-33/h13-15,17-18,25-26,29-32,34-36,38-41,45-46H,12,16,19-24,27-28H2,1-11H3,(H,47,54)(H,48,55)/t31-,32+,34-,35-,36?,38-,39-,40-,41+,45?/m0/s1. The van der Waals surface area contributed by atoms with Crippen molar-refractivity contribution in [1.29, 1.82) is 0 Å². The molecule has 0 bridgehead atoms. The lowest BCUT2D eigenvalue weighted by Gasteiger charge is -2.41. The van der Waals surface area contributed by atoms with E-state index < -0.39 is 30.2 Å². The van der Waals surface area contributed by atoms with Gasteiger partial charge in [-0.3, -0.25) is 24.1 Å². The molecule has 4 amide bonds. The van der Waals surface area contributed by atoms with Crippen molar-refractivity contribution in [2.45, 2.75) is 128 Å². The molecule has 1 aromatic carbocycles. The molecule has 1 aromatic rings. The molecule has 332 valence electrons. The van der Waals surface area contributed by atoms with Crippen LogP contribution >= 0.6 is 11.8 Å². The zero-order valence-electron chi connectivity index (χ0n) is 37.7. The molecule has 14 heteroatoms. The molecule has 0 aliphatic carbocycles. The van der Waals surface area contributed by atoms with Crippen molar-refractivity contribution < 1.29 is 28.7 Å². The molecule has 4 rings (SSSR count). The van der Waals surface area contributed by atoms with Gasteiger partial charge in [-0.2, -0.15) is 0 Å². The van der Waals surface area contributed by atoms with E-state index in [4.69, 9.17) is 9.47 Å². The van der Waals surface area contributed by atoms with Gasteiger partial charge in [-0.15, -0.1) is 11.8 Å². The molecule has 59 heavy (non-hydrogen) atoms. The summed E-state index contributed by atoms with van der Waals surface area (Å²) < 4.78 is 12.2. The summed E-state index contributed by atoms with van der Waals surface area (Å²) >= 11 is 1.69. The van der Waals surface area contributed by atoms with Gasteiger partial charge in [-0.05, 0) is 48.0 Å². The molecule has 3 aliphatic heterocycles. The number of carbonyl (C=O) groups is 4. The number of amides is 4. The van der Waals surface area contributed by atoms with E-state index in [0.29, 0.717) is 19.4 Å². The van der Waals surface area contributed by atoms with E-state index in [2.05, 4.69) is 71.0 Å². The Labute approximate surface area is 359 Å². The van der Waals surface area contributed by atoms with Gasteiger partial charge >= 0.3 is 0 Å². The molecule has 3 N–H and O–H groups in total. The summed E-state index contributed by atoms with van der Waals surface area (Å²) in [5, 5.41) is 12.0. The van der Waals surface area contributed by atoms with Crippen LogP contribution in [0.4, 0.5) is 0 Å². The number of piperazine rings is 1. The molecule has 13 nitrogen and oxygen atoms in total. The predicted octanol–water partition coefficient (Wildman–Crippen LogP) is 4.18. The number of likely N-dealkylation sites (N-methyl/N-ethyl adjacent to an activating group) is 2. The number of likely N-dealkylation sites (tertiary alicyclic amines) is 1. The molecule has 10 atom stereocenters. The van der Waals surface area contributed by atoms with Crippen molar-refractivity contribution >= 4 is 35.4 Å². The summed E-state index contributed by atoms with van der Waals surface area (Å²) in [6.07, 6.45) is 3.92. The summed E-state index contributed by atoms with van der Waals surface area (Å²) in [5.74, 6) is -1.15. The lowest BCUT2D eigenvalue weighted by atomic mass is 9.89. The van der Waals surface area contributed by atoms with Crippen LogP contribution in [0.15, 0.2) is 41.9 Å².